The fourth-order valence-electron chi connectivity index (χ4n) is 3.54. The molecule has 2 aromatic carbocycles. The van der Waals surface area contributed by atoms with Crippen molar-refractivity contribution in [3.05, 3.63) is 57.6 Å². The number of ether oxygens (including phenoxy) is 2. The van der Waals surface area contributed by atoms with Crippen LogP contribution in [0.5, 0.6) is 11.6 Å². The Kier molecular flexibility index (Phi) is 4.23. The molecule has 138 valence electrons. The number of fused-ring (bicyclic) bond motifs is 2. The normalized spacial score (nSPS) is 13.3. The summed E-state index contributed by atoms with van der Waals surface area (Å²) in [6.07, 6.45) is 0.773. The lowest BCUT2D eigenvalue weighted by molar-refractivity contribution is -0.384. The first kappa shape index (κ1) is 17.0. The molecular formula is C19H18N4O4. The summed E-state index contributed by atoms with van der Waals surface area (Å²) in [5.41, 5.74) is 3.64. The predicted molar refractivity (Wildman–Crippen MR) is 100 cm³/mol. The van der Waals surface area contributed by atoms with Crippen molar-refractivity contribution in [2.24, 2.45) is 0 Å². The second kappa shape index (κ2) is 6.71. The van der Waals surface area contributed by atoms with E-state index < -0.39 is 0 Å². The molecule has 1 aliphatic rings. The number of rotatable bonds is 4. The lowest BCUT2D eigenvalue weighted by Crippen LogP contribution is -2.31. The zero-order chi connectivity index (χ0) is 19.0. The van der Waals surface area contributed by atoms with Gasteiger partial charge in [0.2, 0.25) is 0 Å². The molecule has 0 N–H and O–H groups in total. The van der Waals surface area contributed by atoms with Crippen LogP contribution in [0.25, 0.3) is 10.9 Å². The molecule has 3 aromatic rings. The zero-order valence-corrected chi connectivity index (χ0v) is 15.0. The monoisotopic (exact) mass is 366 g/mol. The van der Waals surface area contributed by atoms with Crippen molar-refractivity contribution >= 4 is 22.3 Å². The number of nitro benzene ring substituents is 1. The molecule has 0 unspecified atom stereocenters. The van der Waals surface area contributed by atoms with E-state index in [1.807, 2.05) is 24.3 Å². The molecule has 0 fully saturated rings. The molecule has 0 radical (unpaired) electrons. The number of methoxy groups -OCH3 is 2. The number of hydrogen-bond acceptors (Lipinski definition) is 7. The molecule has 8 heteroatoms. The first-order valence-corrected chi connectivity index (χ1v) is 8.51. The maximum absolute atomic E-state index is 11.1. The summed E-state index contributed by atoms with van der Waals surface area (Å²) in [6, 6.07) is 10.6. The minimum Gasteiger partial charge on any atom is -0.496 e. The van der Waals surface area contributed by atoms with E-state index in [0.717, 1.165) is 35.2 Å². The van der Waals surface area contributed by atoms with Crippen molar-refractivity contribution in [1.29, 1.82) is 0 Å². The third-order valence-corrected chi connectivity index (χ3v) is 4.83. The molecule has 0 saturated heterocycles. The summed E-state index contributed by atoms with van der Waals surface area (Å²) in [4.78, 5) is 12.9. The number of hydrogen-bond donors (Lipinski definition) is 0. The zero-order valence-electron chi connectivity index (χ0n) is 15.0. The Labute approximate surface area is 155 Å². The number of non-ortho nitro benzene ring substituents is 1. The third kappa shape index (κ3) is 2.88. The number of benzene rings is 2. The van der Waals surface area contributed by atoms with Crippen LogP contribution in [-0.4, -0.2) is 35.9 Å². The minimum atomic E-state index is -0.369. The van der Waals surface area contributed by atoms with E-state index in [1.54, 1.807) is 26.4 Å². The highest BCUT2D eigenvalue weighted by Crippen LogP contribution is 2.40. The number of anilines is 1. The molecule has 1 aliphatic heterocycles. The molecular weight excluding hydrogens is 348 g/mol. The molecule has 0 spiro atoms. The van der Waals surface area contributed by atoms with Crippen molar-refractivity contribution in [2.75, 3.05) is 25.7 Å². The molecule has 0 bridgehead atoms. The van der Waals surface area contributed by atoms with Crippen LogP contribution in [0.4, 0.5) is 11.4 Å². The van der Waals surface area contributed by atoms with Gasteiger partial charge in [0, 0.05) is 25.2 Å². The van der Waals surface area contributed by atoms with Gasteiger partial charge in [-0.3, -0.25) is 10.1 Å². The van der Waals surface area contributed by atoms with Crippen LogP contribution in [0.2, 0.25) is 0 Å². The van der Waals surface area contributed by atoms with Crippen molar-refractivity contribution in [3.63, 3.8) is 0 Å². The van der Waals surface area contributed by atoms with E-state index in [4.69, 9.17) is 9.47 Å². The van der Waals surface area contributed by atoms with Gasteiger partial charge in [0.15, 0.2) is 0 Å². The lowest BCUT2D eigenvalue weighted by Gasteiger charge is -2.32. The topological polar surface area (TPSA) is 90.6 Å². The van der Waals surface area contributed by atoms with Crippen LogP contribution in [0, 0.1) is 10.1 Å². The molecule has 0 atom stereocenters. The van der Waals surface area contributed by atoms with Crippen molar-refractivity contribution < 1.29 is 14.4 Å². The molecule has 4 rings (SSSR count). The Hall–Kier alpha value is -3.42. The third-order valence-electron chi connectivity index (χ3n) is 4.83. The molecule has 2 heterocycles. The highest BCUT2D eigenvalue weighted by molar-refractivity contribution is 5.98. The number of nitrogens with zero attached hydrogens (tertiary/aromatic N) is 4. The summed E-state index contributed by atoms with van der Waals surface area (Å²) >= 11 is 0. The van der Waals surface area contributed by atoms with Crippen LogP contribution in [-0.2, 0) is 13.0 Å². The fraction of sp³-hybridized carbons (Fsp3) is 0.263. The average Bonchev–Trinajstić information content (AvgIpc) is 2.71. The Bertz CT molecular complexity index is 1040. The summed E-state index contributed by atoms with van der Waals surface area (Å²) in [7, 11) is 3.16. The Balaban J connectivity index is 1.85. The highest BCUT2D eigenvalue weighted by atomic mass is 16.6. The van der Waals surface area contributed by atoms with E-state index in [2.05, 4.69) is 15.1 Å². The largest absolute Gasteiger partial charge is 0.496 e. The van der Waals surface area contributed by atoms with Gasteiger partial charge in [-0.1, -0.05) is 12.1 Å². The Morgan fingerprint density at radius 1 is 1.11 bits per heavy atom. The number of nitro groups is 1. The van der Waals surface area contributed by atoms with Crippen LogP contribution in [0.1, 0.15) is 11.1 Å². The summed E-state index contributed by atoms with van der Waals surface area (Å²) < 4.78 is 11.0. The molecule has 27 heavy (non-hydrogen) atoms. The standard InChI is InChI=1S/C19H18N4O4/c1-26-16-5-3-4-15-17(16)18(19(27-2)21-20-15)22-9-8-12-6-7-14(23(24)25)10-13(12)11-22/h3-7,10H,8-9,11H2,1-2H3. The van der Waals surface area contributed by atoms with E-state index in [-0.39, 0.29) is 10.6 Å². The van der Waals surface area contributed by atoms with Crippen LogP contribution < -0.4 is 14.4 Å². The fourth-order valence-corrected chi connectivity index (χ4v) is 3.54. The van der Waals surface area contributed by atoms with Gasteiger partial charge in [-0.2, -0.15) is 0 Å². The lowest BCUT2D eigenvalue weighted by atomic mass is 9.98. The van der Waals surface area contributed by atoms with Gasteiger partial charge in [0.25, 0.3) is 11.6 Å². The Morgan fingerprint density at radius 3 is 2.70 bits per heavy atom. The first-order valence-electron chi connectivity index (χ1n) is 8.51. The van der Waals surface area contributed by atoms with Crippen LogP contribution in [0.15, 0.2) is 36.4 Å². The van der Waals surface area contributed by atoms with Crippen LogP contribution >= 0.6 is 0 Å². The van der Waals surface area contributed by atoms with E-state index in [9.17, 15) is 10.1 Å². The van der Waals surface area contributed by atoms with Gasteiger partial charge >= 0.3 is 0 Å². The maximum atomic E-state index is 11.1. The predicted octanol–water partition coefficient (Wildman–Crippen LogP) is 3.12. The molecule has 0 aliphatic carbocycles. The van der Waals surface area contributed by atoms with Gasteiger partial charge in [0.1, 0.15) is 11.4 Å². The summed E-state index contributed by atoms with van der Waals surface area (Å²) in [6.45, 7) is 1.26. The SMILES string of the molecule is COc1nnc2cccc(OC)c2c1N1CCc2ccc([N+](=O)[O-])cc2C1. The smallest absolute Gasteiger partial charge is 0.269 e. The maximum Gasteiger partial charge on any atom is 0.269 e. The highest BCUT2D eigenvalue weighted by Gasteiger charge is 2.25. The van der Waals surface area contributed by atoms with Gasteiger partial charge in [-0.25, -0.2) is 0 Å². The van der Waals surface area contributed by atoms with Gasteiger partial charge in [-0.05, 0) is 29.7 Å². The van der Waals surface area contributed by atoms with E-state index in [0.29, 0.717) is 23.7 Å². The van der Waals surface area contributed by atoms with Crippen molar-refractivity contribution in [2.45, 2.75) is 13.0 Å². The second-order valence-electron chi connectivity index (χ2n) is 6.29. The summed E-state index contributed by atoms with van der Waals surface area (Å²) in [5, 5.41) is 20.4. The van der Waals surface area contributed by atoms with Gasteiger partial charge in [0.05, 0.1) is 30.0 Å². The quantitative estimate of drug-likeness (QED) is 0.517. The molecule has 0 saturated carbocycles. The minimum absolute atomic E-state index is 0.0952. The van der Waals surface area contributed by atoms with Gasteiger partial charge in [-0.15, -0.1) is 10.2 Å². The van der Waals surface area contributed by atoms with E-state index >= 15 is 0 Å². The average molecular weight is 366 g/mol. The van der Waals surface area contributed by atoms with Crippen molar-refractivity contribution in [1.82, 2.24) is 10.2 Å². The second-order valence-corrected chi connectivity index (χ2v) is 6.29. The summed E-state index contributed by atoms with van der Waals surface area (Å²) in [5.74, 6) is 1.08. The van der Waals surface area contributed by atoms with Crippen molar-refractivity contribution in [3.8, 4) is 11.6 Å². The van der Waals surface area contributed by atoms with Crippen LogP contribution in [0.3, 0.4) is 0 Å². The molecule has 8 nitrogen and oxygen atoms in total. The Morgan fingerprint density at radius 2 is 1.96 bits per heavy atom. The molecule has 1 aromatic heterocycles. The number of aromatic nitrogens is 2. The first-order chi connectivity index (χ1) is 13.1. The molecule has 0 amide bonds. The van der Waals surface area contributed by atoms with Gasteiger partial charge < -0.3 is 14.4 Å². The van der Waals surface area contributed by atoms with E-state index in [1.165, 1.54) is 0 Å².